The van der Waals surface area contributed by atoms with Gasteiger partial charge in [0.2, 0.25) is 16.9 Å². The highest BCUT2D eigenvalue weighted by Crippen LogP contribution is 2.28. The number of hydrogen-bond acceptors (Lipinski definition) is 6. The number of likely N-dealkylation sites (tertiary alicyclic amines) is 1. The lowest BCUT2D eigenvalue weighted by Crippen LogP contribution is -2.32. The minimum Gasteiger partial charge on any atom is -0.312 e. The summed E-state index contributed by atoms with van der Waals surface area (Å²) in [5.74, 6) is 0.189. The minimum atomic E-state index is -0.413. The van der Waals surface area contributed by atoms with Crippen molar-refractivity contribution in [1.82, 2.24) is 15.1 Å². The number of carbonyl (C=O) groups excluding carboxylic acids is 2. The Morgan fingerprint density at radius 1 is 1.03 bits per heavy atom. The van der Waals surface area contributed by atoms with E-state index in [2.05, 4.69) is 39.5 Å². The van der Waals surface area contributed by atoms with Crippen molar-refractivity contribution in [2.24, 2.45) is 11.8 Å². The van der Waals surface area contributed by atoms with Crippen molar-refractivity contribution in [2.75, 3.05) is 29.9 Å². The van der Waals surface area contributed by atoms with Crippen molar-refractivity contribution < 1.29 is 9.59 Å². The van der Waals surface area contributed by atoms with E-state index in [9.17, 15) is 9.59 Å². The first-order valence-electron chi connectivity index (χ1n) is 12.9. The second kappa shape index (κ2) is 11.7. The van der Waals surface area contributed by atoms with Gasteiger partial charge in [0.25, 0.3) is 0 Å². The number of aromatic nitrogens is 2. The van der Waals surface area contributed by atoms with E-state index in [4.69, 9.17) is 11.6 Å². The summed E-state index contributed by atoms with van der Waals surface area (Å²) in [5.41, 5.74) is 3.27. The Morgan fingerprint density at radius 2 is 1.73 bits per heavy atom. The number of carbonyl (C=O) groups is 2. The van der Waals surface area contributed by atoms with Crippen LogP contribution in [0.4, 0.5) is 10.8 Å². The molecule has 7 nitrogen and oxygen atoms in total. The van der Waals surface area contributed by atoms with Gasteiger partial charge in [0.15, 0.2) is 0 Å². The van der Waals surface area contributed by atoms with Gasteiger partial charge in [-0.25, -0.2) is 0 Å². The maximum atomic E-state index is 12.9. The molecule has 3 heterocycles. The van der Waals surface area contributed by atoms with E-state index >= 15 is 0 Å². The first-order valence-corrected chi connectivity index (χ1v) is 14.1. The number of halogens is 1. The number of hydrogen-bond donors (Lipinski definition) is 1. The molecule has 2 aliphatic rings. The zero-order valence-corrected chi connectivity index (χ0v) is 22.6. The van der Waals surface area contributed by atoms with Gasteiger partial charge in [-0.1, -0.05) is 54.1 Å². The van der Waals surface area contributed by atoms with Gasteiger partial charge in [-0.05, 0) is 73.7 Å². The molecule has 0 aliphatic carbocycles. The molecule has 1 atom stereocenters. The topological polar surface area (TPSA) is 78.4 Å². The molecule has 2 aliphatic heterocycles. The van der Waals surface area contributed by atoms with Gasteiger partial charge in [0.1, 0.15) is 5.01 Å². The molecule has 37 heavy (non-hydrogen) atoms. The van der Waals surface area contributed by atoms with Crippen LogP contribution in [0.5, 0.6) is 0 Å². The molecule has 0 radical (unpaired) electrons. The van der Waals surface area contributed by atoms with Gasteiger partial charge in [0.05, 0.1) is 5.92 Å². The van der Waals surface area contributed by atoms with E-state index in [1.54, 1.807) is 4.90 Å². The average molecular weight is 538 g/mol. The Labute approximate surface area is 226 Å². The van der Waals surface area contributed by atoms with Crippen LogP contribution >= 0.6 is 22.9 Å². The molecule has 2 saturated heterocycles. The number of aryl methyl sites for hydroxylation is 2. The Balaban J connectivity index is 1.12. The first kappa shape index (κ1) is 25.8. The quantitative estimate of drug-likeness (QED) is 0.427. The van der Waals surface area contributed by atoms with Crippen LogP contribution in [0.2, 0.25) is 5.02 Å². The van der Waals surface area contributed by atoms with Crippen molar-refractivity contribution in [3.8, 4) is 0 Å². The Kier molecular flexibility index (Phi) is 8.17. The molecule has 2 amide bonds. The van der Waals surface area contributed by atoms with Crippen molar-refractivity contribution in [3.05, 3.63) is 69.7 Å². The van der Waals surface area contributed by atoms with Crippen LogP contribution in [0.1, 0.15) is 42.3 Å². The maximum absolute atomic E-state index is 12.9. The Hall–Kier alpha value is -2.81. The third-order valence-electron chi connectivity index (χ3n) is 7.26. The molecule has 1 N–H and O–H groups in total. The van der Waals surface area contributed by atoms with Crippen molar-refractivity contribution in [3.63, 3.8) is 0 Å². The third kappa shape index (κ3) is 6.74. The molecule has 2 aromatic carbocycles. The summed E-state index contributed by atoms with van der Waals surface area (Å²) in [6.45, 7) is 5.92. The third-order valence-corrected chi connectivity index (χ3v) is 8.41. The summed E-state index contributed by atoms with van der Waals surface area (Å²) in [6, 6.07) is 15.9. The standard InChI is InChI=1S/C28H32ClN5O2S/c1-19-12-14-33(15-13-19)17-21-4-9-24(10-5-21)34-18-22(16-26(34)35)27(36)30-28-32-31-25(37-28)11-6-20-2-7-23(29)8-3-20/h2-5,7-10,19,22H,6,11-18H2,1H3,(H,30,32,36). The molecule has 5 rings (SSSR count). The molecule has 0 spiro atoms. The zero-order valence-electron chi connectivity index (χ0n) is 21.0. The molecule has 0 saturated carbocycles. The number of piperidine rings is 1. The van der Waals surface area contributed by atoms with Crippen molar-refractivity contribution in [1.29, 1.82) is 0 Å². The fraction of sp³-hybridized carbons (Fsp3) is 0.429. The average Bonchev–Trinajstić information content (AvgIpc) is 3.52. The second-order valence-electron chi connectivity index (χ2n) is 10.1. The highest BCUT2D eigenvalue weighted by atomic mass is 35.5. The number of nitrogens with one attached hydrogen (secondary N) is 1. The number of nitrogens with zero attached hydrogens (tertiary/aromatic N) is 4. The van der Waals surface area contributed by atoms with E-state index < -0.39 is 5.92 Å². The van der Waals surface area contributed by atoms with E-state index in [0.717, 1.165) is 49.1 Å². The van der Waals surface area contributed by atoms with Gasteiger partial charge < -0.3 is 10.2 Å². The molecular formula is C28H32ClN5O2S. The predicted molar refractivity (Wildman–Crippen MR) is 148 cm³/mol. The van der Waals surface area contributed by atoms with Crippen LogP contribution in [0, 0.1) is 11.8 Å². The summed E-state index contributed by atoms with van der Waals surface area (Å²) in [6.07, 6.45) is 4.26. The SMILES string of the molecule is CC1CCN(Cc2ccc(N3CC(C(=O)Nc4nnc(CCc5ccc(Cl)cc5)s4)CC3=O)cc2)CC1. The Bertz CT molecular complexity index is 1220. The summed E-state index contributed by atoms with van der Waals surface area (Å²) < 4.78 is 0. The van der Waals surface area contributed by atoms with Crippen LogP contribution in [0.25, 0.3) is 0 Å². The van der Waals surface area contributed by atoms with E-state index in [1.807, 2.05) is 36.4 Å². The molecule has 1 unspecified atom stereocenters. The van der Waals surface area contributed by atoms with E-state index in [-0.39, 0.29) is 18.2 Å². The Morgan fingerprint density at radius 3 is 2.46 bits per heavy atom. The summed E-state index contributed by atoms with van der Waals surface area (Å²) in [4.78, 5) is 29.8. The minimum absolute atomic E-state index is 0.0289. The van der Waals surface area contributed by atoms with Crippen LogP contribution in [0.15, 0.2) is 48.5 Å². The monoisotopic (exact) mass is 537 g/mol. The van der Waals surface area contributed by atoms with E-state index in [1.165, 1.54) is 35.3 Å². The van der Waals surface area contributed by atoms with Gasteiger partial charge in [-0.15, -0.1) is 10.2 Å². The highest BCUT2D eigenvalue weighted by molar-refractivity contribution is 7.15. The van der Waals surface area contributed by atoms with Gasteiger partial charge in [0, 0.05) is 36.6 Å². The van der Waals surface area contributed by atoms with Crippen LogP contribution in [-0.4, -0.2) is 46.5 Å². The molecule has 3 aromatic rings. The predicted octanol–water partition coefficient (Wildman–Crippen LogP) is 5.20. The number of anilines is 2. The van der Waals surface area contributed by atoms with Crippen molar-refractivity contribution in [2.45, 2.75) is 45.6 Å². The fourth-order valence-electron chi connectivity index (χ4n) is 4.91. The maximum Gasteiger partial charge on any atom is 0.231 e. The lowest BCUT2D eigenvalue weighted by Gasteiger charge is -2.30. The molecule has 1 aromatic heterocycles. The first-order chi connectivity index (χ1) is 17.9. The molecule has 2 fully saturated rings. The lowest BCUT2D eigenvalue weighted by molar-refractivity contribution is -0.122. The van der Waals surface area contributed by atoms with Gasteiger partial charge >= 0.3 is 0 Å². The molecular weight excluding hydrogens is 506 g/mol. The second-order valence-corrected chi connectivity index (χ2v) is 11.6. The fourth-order valence-corrected chi connectivity index (χ4v) is 5.78. The number of amides is 2. The van der Waals surface area contributed by atoms with Gasteiger partial charge in [-0.2, -0.15) is 0 Å². The summed E-state index contributed by atoms with van der Waals surface area (Å²) in [5, 5.41) is 13.2. The summed E-state index contributed by atoms with van der Waals surface area (Å²) >= 11 is 7.32. The number of rotatable bonds is 8. The number of benzene rings is 2. The van der Waals surface area contributed by atoms with Crippen LogP contribution in [0.3, 0.4) is 0 Å². The largest absolute Gasteiger partial charge is 0.312 e. The van der Waals surface area contributed by atoms with Crippen LogP contribution < -0.4 is 10.2 Å². The molecule has 0 bridgehead atoms. The highest BCUT2D eigenvalue weighted by Gasteiger charge is 2.35. The van der Waals surface area contributed by atoms with E-state index in [0.29, 0.717) is 16.7 Å². The van der Waals surface area contributed by atoms with Gasteiger partial charge in [-0.3, -0.25) is 14.5 Å². The molecule has 9 heteroatoms. The lowest BCUT2D eigenvalue weighted by atomic mass is 9.99. The summed E-state index contributed by atoms with van der Waals surface area (Å²) in [7, 11) is 0. The smallest absolute Gasteiger partial charge is 0.231 e. The van der Waals surface area contributed by atoms with Crippen molar-refractivity contribution >= 4 is 45.6 Å². The zero-order chi connectivity index (χ0) is 25.8. The molecule has 194 valence electrons. The van der Waals surface area contributed by atoms with Crippen LogP contribution in [-0.2, 0) is 29.0 Å². The normalized spacial score (nSPS) is 18.9.